The topological polar surface area (TPSA) is 75.3 Å². The van der Waals surface area contributed by atoms with Gasteiger partial charge in [-0.3, -0.25) is 13.8 Å². The number of nitrogens with one attached hydrogen (secondary N) is 2. The first-order chi connectivity index (χ1) is 15.7. The fraction of sp³-hybridized carbons (Fsp3) is 0.231. The normalized spacial score (nSPS) is 12.1. The van der Waals surface area contributed by atoms with Crippen LogP contribution in [0.5, 0.6) is 0 Å². The second-order valence-corrected chi connectivity index (χ2v) is 10.3. The summed E-state index contributed by atoms with van der Waals surface area (Å²) in [6.07, 6.45) is 0.217. The molecule has 0 heterocycles. The van der Waals surface area contributed by atoms with Crippen LogP contribution in [0.4, 0.5) is 11.4 Å². The van der Waals surface area contributed by atoms with Gasteiger partial charge < -0.3 is 10.6 Å². The Bertz CT molecular complexity index is 1160. The van der Waals surface area contributed by atoms with Crippen LogP contribution in [0.25, 0.3) is 0 Å². The van der Waals surface area contributed by atoms with E-state index in [1.807, 2.05) is 45.0 Å². The second-order valence-electron chi connectivity index (χ2n) is 8.17. The quantitative estimate of drug-likeness (QED) is 0.441. The lowest BCUT2D eigenvalue weighted by molar-refractivity contribution is -0.120. The Morgan fingerprint density at radius 3 is 2.18 bits per heavy atom. The van der Waals surface area contributed by atoms with Crippen LogP contribution in [0.1, 0.15) is 31.9 Å². The smallest absolute Gasteiger partial charge is 0.234 e. The zero-order valence-corrected chi connectivity index (χ0v) is 20.4. The van der Waals surface area contributed by atoms with Crippen LogP contribution >= 0.6 is 11.6 Å². The standard InChI is InChI=1S/C26H27ClN2O3S/c1-4-33(32)23-14-8-18(9-15-23)16-24(30)28-21-12-10-19(11-13-21)26(2,3)25(31)29-22-7-5-6-20(27)17-22/h5-15,17H,4,16H2,1-3H3,(H,28,30)(H,29,31). The predicted molar refractivity (Wildman–Crippen MR) is 135 cm³/mol. The molecule has 2 amide bonds. The Hall–Kier alpha value is -2.96. The van der Waals surface area contributed by atoms with Crippen LogP contribution in [-0.2, 0) is 32.2 Å². The van der Waals surface area contributed by atoms with Crippen LogP contribution in [0.3, 0.4) is 0 Å². The van der Waals surface area contributed by atoms with Gasteiger partial charge in [-0.15, -0.1) is 0 Å². The van der Waals surface area contributed by atoms with E-state index in [1.54, 1.807) is 48.5 Å². The van der Waals surface area contributed by atoms with Crippen molar-refractivity contribution in [1.29, 1.82) is 0 Å². The van der Waals surface area contributed by atoms with Crippen molar-refractivity contribution in [1.82, 2.24) is 0 Å². The molecule has 0 saturated heterocycles. The van der Waals surface area contributed by atoms with Crippen molar-refractivity contribution in [3.63, 3.8) is 0 Å². The fourth-order valence-corrected chi connectivity index (χ4v) is 4.23. The van der Waals surface area contributed by atoms with Gasteiger partial charge in [0.2, 0.25) is 11.8 Å². The highest BCUT2D eigenvalue weighted by Gasteiger charge is 2.30. The summed E-state index contributed by atoms with van der Waals surface area (Å²) >= 11 is 6.00. The summed E-state index contributed by atoms with van der Waals surface area (Å²) in [6, 6.07) is 21.5. The first kappa shape index (κ1) is 24.7. The summed E-state index contributed by atoms with van der Waals surface area (Å²) in [5.41, 5.74) is 2.17. The third kappa shape index (κ3) is 6.53. The van der Waals surface area contributed by atoms with E-state index in [-0.39, 0.29) is 18.2 Å². The highest BCUT2D eigenvalue weighted by Crippen LogP contribution is 2.27. The first-order valence-electron chi connectivity index (χ1n) is 10.6. The van der Waals surface area contributed by atoms with Gasteiger partial charge >= 0.3 is 0 Å². The lowest BCUT2D eigenvalue weighted by Crippen LogP contribution is -2.34. The third-order valence-corrected chi connectivity index (χ3v) is 6.91. The molecule has 172 valence electrons. The molecule has 1 unspecified atom stereocenters. The molecule has 5 nitrogen and oxygen atoms in total. The Kier molecular flexibility index (Phi) is 8.06. The summed E-state index contributed by atoms with van der Waals surface area (Å²) in [7, 11) is -1.00. The van der Waals surface area contributed by atoms with Crippen LogP contribution in [-0.4, -0.2) is 21.8 Å². The van der Waals surface area contributed by atoms with Gasteiger partial charge in [0.1, 0.15) is 0 Å². The Morgan fingerprint density at radius 2 is 1.58 bits per heavy atom. The Morgan fingerprint density at radius 1 is 0.909 bits per heavy atom. The number of amides is 2. The average Bonchev–Trinajstić information content (AvgIpc) is 2.79. The van der Waals surface area contributed by atoms with Crippen LogP contribution in [0.15, 0.2) is 77.7 Å². The average molecular weight is 483 g/mol. The van der Waals surface area contributed by atoms with E-state index in [4.69, 9.17) is 11.6 Å². The number of hydrogen-bond donors (Lipinski definition) is 2. The minimum absolute atomic E-state index is 0.148. The van der Waals surface area contributed by atoms with E-state index in [1.165, 1.54) is 0 Å². The molecular formula is C26H27ClN2O3S. The molecule has 0 aliphatic carbocycles. The number of carbonyl (C=O) groups is 2. The summed E-state index contributed by atoms with van der Waals surface area (Å²) in [5.74, 6) is 0.258. The predicted octanol–water partition coefficient (Wildman–Crippen LogP) is 5.57. The van der Waals surface area contributed by atoms with Crippen molar-refractivity contribution >= 4 is 45.6 Å². The lowest BCUT2D eigenvalue weighted by atomic mass is 9.83. The van der Waals surface area contributed by atoms with Crippen molar-refractivity contribution in [2.45, 2.75) is 37.5 Å². The van der Waals surface area contributed by atoms with Crippen molar-refractivity contribution in [3.05, 3.63) is 88.9 Å². The zero-order valence-electron chi connectivity index (χ0n) is 18.9. The van der Waals surface area contributed by atoms with E-state index in [0.29, 0.717) is 22.2 Å². The van der Waals surface area contributed by atoms with E-state index in [0.717, 1.165) is 16.0 Å². The minimum atomic E-state index is -1.00. The van der Waals surface area contributed by atoms with Gasteiger partial charge in [-0.2, -0.15) is 0 Å². The van der Waals surface area contributed by atoms with Crippen LogP contribution < -0.4 is 10.6 Å². The van der Waals surface area contributed by atoms with Gasteiger partial charge in [-0.1, -0.05) is 48.9 Å². The molecule has 0 aromatic heterocycles. The number of carbonyl (C=O) groups excluding carboxylic acids is 2. The molecule has 0 spiro atoms. The monoisotopic (exact) mass is 482 g/mol. The molecule has 1 atom stereocenters. The SMILES string of the molecule is CCS(=O)c1ccc(CC(=O)Nc2ccc(C(C)(C)C(=O)Nc3cccc(Cl)c3)cc2)cc1. The summed E-state index contributed by atoms with van der Waals surface area (Å²) in [6.45, 7) is 5.56. The van der Waals surface area contributed by atoms with E-state index in [2.05, 4.69) is 10.6 Å². The third-order valence-electron chi connectivity index (χ3n) is 5.35. The van der Waals surface area contributed by atoms with E-state index in [9.17, 15) is 13.8 Å². The Balaban J connectivity index is 1.61. The largest absolute Gasteiger partial charge is 0.326 e. The van der Waals surface area contributed by atoms with E-state index >= 15 is 0 Å². The van der Waals surface area contributed by atoms with Crippen molar-refractivity contribution in [2.75, 3.05) is 16.4 Å². The number of anilines is 2. The number of hydrogen-bond acceptors (Lipinski definition) is 3. The summed E-state index contributed by atoms with van der Waals surface area (Å²) in [4.78, 5) is 26.0. The van der Waals surface area contributed by atoms with Gasteiger partial charge in [-0.05, 0) is 67.4 Å². The first-order valence-corrected chi connectivity index (χ1v) is 12.3. The molecule has 0 radical (unpaired) electrons. The van der Waals surface area contributed by atoms with Gasteiger partial charge in [-0.25, -0.2) is 0 Å². The maximum absolute atomic E-state index is 12.9. The molecule has 0 saturated carbocycles. The summed E-state index contributed by atoms with van der Waals surface area (Å²) < 4.78 is 11.8. The van der Waals surface area contributed by atoms with Gasteiger partial charge in [0, 0.05) is 27.0 Å². The second kappa shape index (κ2) is 10.8. The number of halogens is 1. The highest BCUT2D eigenvalue weighted by atomic mass is 35.5. The van der Waals surface area contributed by atoms with Crippen molar-refractivity contribution < 1.29 is 13.8 Å². The van der Waals surface area contributed by atoms with E-state index < -0.39 is 16.2 Å². The van der Waals surface area contributed by atoms with Crippen LogP contribution in [0.2, 0.25) is 5.02 Å². The van der Waals surface area contributed by atoms with Gasteiger partial charge in [0.25, 0.3) is 0 Å². The molecule has 3 aromatic rings. The molecule has 0 aliphatic heterocycles. The van der Waals surface area contributed by atoms with Gasteiger partial charge in [0.05, 0.1) is 22.6 Å². The zero-order chi connectivity index (χ0) is 24.0. The van der Waals surface area contributed by atoms with Crippen molar-refractivity contribution in [2.24, 2.45) is 0 Å². The number of benzene rings is 3. The molecule has 0 fully saturated rings. The van der Waals surface area contributed by atoms with Crippen LogP contribution in [0, 0.1) is 0 Å². The molecule has 3 rings (SSSR count). The summed E-state index contributed by atoms with van der Waals surface area (Å²) in [5, 5.41) is 6.33. The molecule has 2 N–H and O–H groups in total. The molecule has 7 heteroatoms. The maximum Gasteiger partial charge on any atom is 0.234 e. The molecule has 3 aromatic carbocycles. The molecule has 33 heavy (non-hydrogen) atoms. The highest BCUT2D eigenvalue weighted by molar-refractivity contribution is 7.85. The molecule has 0 bridgehead atoms. The Labute approximate surface area is 202 Å². The number of rotatable bonds is 8. The van der Waals surface area contributed by atoms with Gasteiger partial charge in [0.15, 0.2) is 0 Å². The fourth-order valence-electron chi connectivity index (χ4n) is 3.27. The molecular weight excluding hydrogens is 456 g/mol. The minimum Gasteiger partial charge on any atom is -0.326 e. The van der Waals surface area contributed by atoms with Crippen molar-refractivity contribution in [3.8, 4) is 0 Å². The maximum atomic E-state index is 12.9. The molecule has 0 aliphatic rings. The lowest BCUT2D eigenvalue weighted by Gasteiger charge is -2.24.